The van der Waals surface area contributed by atoms with Crippen molar-refractivity contribution in [2.24, 2.45) is 5.41 Å². The van der Waals surface area contributed by atoms with Crippen molar-refractivity contribution in [3.8, 4) is 5.75 Å². The maximum Gasteiger partial charge on any atom is 0.119 e. The molecular weight excluding hydrogens is 234 g/mol. The number of nitrogens with one attached hydrogen (secondary N) is 1. The molecule has 1 aliphatic carbocycles. The number of benzene rings is 1. The molecule has 0 bridgehead atoms. The van der Waals surface area contributed by atoms with E-state index in [4.69, 9.17) is 4.74 Å². The number of anilines is 1. The molecule has 1 aromatic carbocycles. The Morgan fingerprint density at radius 2 is 1.95 bits per heavy atom. The van der Waals surface area contributed by atoms with Crippen LogP contribution in [0.15, 0.2) is 18.2 Å². The Morgan fingerprint density at radius 1 is 1.26 bits per heavy atom. The normalized spacial score (nSPS) is 19.2. The Balaban J connectivity index is 1.96. The average molecular weight is 261 g/mol. The van der Waals surface area contributed by atoms with Crippen LogP contribution in [0.25, 0.3) is 0 Å². The van der Waals surface area contributed by atoms with Gasteiger partial charge in [0.2, 0.25) is 0 Å². The van der Waals surface area contributed by atoms with Gasteiger partial charge in [0.25, 0.3) is 0 Å². The van der Waals surface area contributed by atoms with Crippen molar-refractivity contribution in [1.29, 1.82) is 0 Å². The quantitative estimate of drug-likeness (QED) is 0.842. The van der Waals surface area contributed by atoms with E-state index < -0.39 is 0 Å². The van der Waals surface area contributed by atoms with Crippen molar-refractivity contribution < 1.29 is 4.74 Å². The second kappa shape index (κ2) is 5.85. The SMILES string of the molecule is CCOc1ccc(NC2CCC(C)(C)CC2)c(C)c1. The molecule has 1 fully saturated rings. The van der Waals surface area contributed by atoms with E-state index in [1.807, 2.05) is 6.92 Å². The van der Waals surface area contributed by atoms with Gasteiger partial charge in [0.15, 0.2) is 0 Å². The van der Waals surface area contributed by atoms with Crippen LogP contribution in [-0.2, 0) is 0 Å². The summed E-state index contributed by atoms with van der Waals surface area (Å²) in [5.74, 6) is 0.968. The van der Waals surface area contributed by atoms with Crippen LogP contribution in [0.1, 0.15) is 52.0 Å². The fourth-order valence-electron chi connectivity index (χ4n) is 2.82. The fourth-order valence-corrected chi connectivity index (χ4v) is 2.82. The monoisotopic (exact) mass is 261 g/mol. The topological polar surface area (TPSA) is 21.3 Å². The highest BCUT2D eigenvalue weighted by molar-refractivity contribution is 5.54. The lowest BCUT2D eigenvalue weighted by Gasteiger charge is -2.35. The zero-order chi connectivity index (χ0) is 13.9. The number of hydrogen-bond acceptors (Lipinski definition) is 2. The largest absolute Gasteiger partial charge is 0.494 e. The summed E-state index contributed by atoms with van der Waals surface area (Å²) >= 11 is 0. The molecule has 0 aliphatic heterocycles. The van der Waals surface area contributed by atoms with Crippen molar-refractivity contribution in [2.75, 3.05) is 11.9 Å². The van der Waals surface area contributed by atoms with E-state index in [1.165, 1.54) is 36.9 Å². The van der Waals surface area contributed by atoms with Gasteiger partial charge in [-0.15, -0.1) is 0 Å². The lowest BCUT2D eigenvalue weighted by molar-refractivity contribution is 0.232. The highest BCUT2D eigenvalue weighted by Crippen LogP contribution is 2.36. The van der Waals surface area contributed by atoms with E-state index >= 15 is 0 Å². The summed E-state index contributed by atoms with van der Waals surface area (Å²) in [5, 5.41) is 3.70. The van der Waals surface area contributed by atoms with Gasteiger partial charge in [-0.2, -0.15) is 0 Å². The molecule has 19 heavy (non-hydrogen) atoms. The van der Waals surface area contributed by atoms with Crippen LogP contribution in [-0.4, -0.2) is 12.6 Å². The maximum atomic E-state index is 5.53. The number of aryl methyl sites for hydroxylation is 1. The van der Waals surface area contributed by atoms with Gasteiger partial charge >= 0.3 is 0 Å². The zero-order valence-corrected chi connectivity index (χ0v) is 12.8. The zero-order valence-electron chi connectivity index (χ0n) is 12.8. The highest BCUT2D eigenvalue weighted by atomic mass is 16.5. The molecule has 106 valence electrons. The summed E-state index contributed by atoms with van der Waals surface area (Å²) in [6.07, 6.45) is 5.20. The molecule has 0 radical (unpaired) electrons. The van der Waals surface area contributed by atoms with E-state index in [2.05, 4.69) is 44.3 Å². The van der Waals surface area contributed by atoms with Crippen molar-refractivity contribution in [3.63, 3.8) is 0 Å². The third kappa shape index (κ3) is 3.89. The standard InChI is InChI=1S/C17H27NO/c1-5-19-15-6-7-16(13(2)12-15)18-14-8-10-17(3,4)11-9-14/h6-7,12,14,18H,5,8-11H2,1-4H3. The summed E-state index contributed by atoms with van der Waals surface area (Å²) in [7, 11) is 0. The molecule has 0 amide bonds. The lowest BCUT2D eigenvalue weighted by atomic mass is 9.75. The van der Waals surface area contributed by atoms with Crippen molar-refractivity contribution >= 4 is 5.69 Å². The first-order chi connectivity index (χ1) is 9.00. The first-order valence-electron chi connectivity index (χ1n) is 7.50. The maximum absolute atomic E-state index is 5.53. The first-order valence-corrected chi connectivity index (χ1v) is 7.50. The predicted octanol–water partition coefficient (Wildman–Crippen LogP) is 4.77. The molecule has 1 aromatic rings. The van der Waals surface area contributed by atoms with Gasteiger partial charge in [-0.1, -0.05) is 13.8 Å². The molecule has 0 spiro atoms. The molecule has 0 saturated heterocycles. The lowest BCUT2D eigenvalue weighted by Crippen LogP contribution is -2.30. The van der Waals surface area contributed by atoms with E-state index in [9.17, 15) is 0 Å². The van der Waals surface area contributed by atoms with Crippen molar-refractivity contribution in [1.82, 2.24) is 0 Å². The summed E-state index contributed by atoms with van der Waals surface area (Å²) < 4.78 is 5.53. The van der Waals surface area contributed by atoms with Crippen molar-refractivity contribution in [2.45, 2.75) is 59.4 Å². The Bertz CT molecular complexity index is 415. The number of hydrogen-bond donors (Lipinski definition) is 1. The van der Waals surface area contributed by atoms with Gasteiger partial charge in [-0.05, 0) is 68.7 Å². The molecule has 0 unspecified atom stereocenters. The van der Waals surface area contributed by atoms with Crippen LogP contribution in [0.2, 0.25) is 0 Å². The van der Waals surface area contributed by atoms with Crippen molar-refractivity contribution in [3.05, 3.63) is 23.8 Å². The first kappa shape index (κ1) is 14.2. The minimum Gasteiger partial charge on any atom is -0.494 e. The van der Waals surface area contributed by atoms with E-state index in [0.29, 0.717) is 11.5 Å². The molecule has 1 aliphatic rings. The molecule has 1 saturated carbocycles. The van der Waals surface area contributed by atoms with Gasteiger partial charge in [0.05, 0.1) is 6.61 Å². The van der Waals surface area contributed by atoms with E-state index in [1.54, 1.807) is 0 Å². The molecule has 2 rings (SSSR count). The third-order valence-corrected chi connectivity index (χ3v) is 4.21. The summed E-state index contributed by atoms with van der Waals surface area (Å²) in [4.78, 5) is 0. The molecule has 0 aromatic heterocycles. The Morgan fingerprint density at radius 3 is 2.53 bits per heavy atom. The predicted molar refractivity (Wildman–Crippen MR) is 82.0 cm³/mol. The summed E-state index contributed by atoms with van der Waals surface area (Å²) in [6, 6.07) is 6.97. The van der Waals surface area contributed by atoms with Gasteiger partial charge in [-0.3, -0.25) is 0 Å². The minimum absolute atomic E-state index is 0.534. The average Bonchev–Trinajstić information content (AvgIpc) is 2.35. The van der Waals surface area contributed by atoms with Gasteiger partial charge in [0, 0.05) is 11.7 Å². The van der Waals surface area contributed by atoms with E-state index in [0.717, 1.165) is 12.4 Å². The Kier molecular flexibility index (Phi) is 4.38. The van der Waals surface area contributed by atoms with Crippen LogP contribution in [0.4, 0.5) is 5.69 Å². The smallest absolute Gasteiger partial charge is 0.119 e. The second-order valence-corrected chi connectivity index (χ2v) is 6.49. The van der Waals surface area contributed by atoms with E-state index in [-0.39, 0.29) is 0 Å². The molecule has 1 N–H and O–H groups in total. The Hall–Kier alpha value is -1.18. The molecule has 0 heterocycles. The van der Waals surface area contributed by atoms with Crippen LogP contribution in [0, 0.1) is 12.3 Å². The van der Waals surface area contributed by atoms with Gasteiger partial charge < -0.3 is 10.1 Å². The molecular formula is C17H27NO. The van der Waals surface area contributed by atoms with Crippen LogP contribution in [0.3, 0.4) is 0 Å². The Labute approximate surface area is 117 Å². The third-order valence-electron chi connectivity index (χ3n) is 4.21. The summed E-state index contributed by atoms with van der Waals surface area (Å²) in [5.41, 5.74) is 3.07. The highest BCUT2D eigenvalue weighted by Gasteiger charge is 2.26. The second-order valence-electron chi connectivity index (χ2n) is 6.49. The van der Waals surface area contributed by atoms with Gasteiger partial charge in [-0.25, -0.2) is 0 Å². The summed E-state index contributed by atoms with van der Waals surface area (Å²) in [6.45, 7) is 9.66. The molecule has 0 atom stereocenters. The molecule has 2 heteroatoms. The molecule has 2 nitrogen and oxygen atoms in total. The van der Waals surface area contributed by atoms with Crippen LogP contribution in [0.5, 0.6) is 5.75 Å². The van der Waals surface area contributed by atoms with Crippen LogP contribution < -0.4 is 10.1 Å². The number of rotatable bonds is 4. The van der Waals surface area contributed by atoms with Crippen LogP contribution >= 0.6 is 0 Å². The van der Waals surface area contributed by atoms with Gasteiger partial charge in [0.1, 0.15) is 5.75 Å². The number of ether oxygens (including phenoxy) is 1. The fraction of sp³-hybridized carbons (Fsp3) is 0.647. The minimum atomic E-state index is 0.534.